The normalized spacial score (nSPS) is 39.1. The van der Waals surface area contributed by atoms with E-state index in [0.717, 1.165) is 23.4 Å². The van der Waals surface area contributed by atoms with Crippen molar-refractivity contribution in [3.63, 3.8) is 0 Å². The lowest BCUT2D eigenvalue weighted by atomic mass is 9.68. The van der Waals surface area contributed by atoms with Gasteiger partial charge in [0.1, 0.15) is 35.7 Å². The van der Waals surface area contributed by atoms with Gasteiger partial charge < -0.3 is 64.1 Å². The highest BCUT2D eigenvalue weighted by atomic mass is 16.7. The molecule has 20 heteroatoms. The minimum atomic E-state index is -1.81. The van der Waals surface area contributed by atoms with Gasteiger partial charge in [-0.25, -0.2) is 4.68 Å². The number of nitrogens with zero attached hydrogens (tertiary/aromatic N) is 8. The number of cyclic esters (lactones) is 1. The molecule has 3 saturated heterocycles. The number of aromatic nitrogens is 6. The number of aryl methyl sites for hydroxylation is 2. The Bertz CT molecular complexity index is 2180. The summed E-state index contributed by atoms with van der Waals surface area (Å²) in [7, 11) is 5.34. The van der Waals surface area contributed by atoms with Crippen LogP contribution in [0.1, 0.15) is 112 Å². The Hall–Kier alpha value is -3.51. The zero-order valence-electron chi connectivity index (χ0n) is 44.9. The number of esters is 1. The summed E-state index contributed by atoms with van der Waals surface area (Å²) in [5.74, 6) is -3.13. The van der Waals surface area contributed by atoms with E-state index in [1.807, 2.05) is 88.8 Å². The molecule has 0 amide bonds. The number of carbonyl (C=O) groups is 1. The SMILES string of the molecule is CC[C@H]1OC(=O)[C@H](C)[C@@H](C2C[C@@](C)(OC)[C@@H](O)[C@H](C)O2)[C@H](C)[C@@H](O[C@@H]2O[C@H](C)C[C@H](N(C)CCc3cn(CCc4ccc(-n5cc(CO)nn5)cc4)nn3)[C@H]2O)[C@](C)(O)C[C@@H](C)CN(C)[C@H](C)[C@@H](O)[C@]1(C)O. The first-order chi connectivity index (χ1) is 33.8. The van der Waals surface area contributed by atoms with E-state index in [0.29, 0.717) is 38.2 Å². The minimum absolute atomic E-state index is 0.171. The molecule has 5 heterocycles. The molecule has 3 aliphatic rings. The lowest BCUT2D eigenvalue weighted by Crippen LogP contribution is -2.62. The quantitative estimate of drug-likeness (QED) is 0.127. The van der Waals surface area contributed by atoms with Gasteiger partial charge in [0.25, 0.3) is 0 Å². The molecular weight excluding hydrogens is 929 g/mol. The molecule has 18 atom stereocenters. The molecule has 3 aromatic rings. The van der Waals surface area contributed by atoms with Crippen molar-refractivity contribution >= 4 is 5.97 Å². The van der Waals surface area contributed by atoms with E-state index < -0.39 is 102 Å². The number of methoxy groups -OCH3 is 1. The van der Waals surface area contributed by atoms with Gasteiger partial charge in [-0.1, -0.05) is 50.3 Å². The number of benzene rings is 1. The summed E-state index contributed by atoms with van der Waals surface area (Å²) in [6.07, 6.45) is -2.40. The minimum Gasteiger partial charge on any atom is -0.459 e. The van der Waals surface area contributed by atoms with Crippen LogP contribution < -0.4 is 0 Å². The molecule has 3 fully saturated rings. The molecule has 1 unspecified atom stereocenters. The Morgan fingerprint density at radius 2 is 1.58 bits per heavy atom. The molecule has 0 saturated carbocycles. The number of likely N-dealkylation sites (N-methyl/N-ethyl adjacent to an activating group) is 2. The number of ether oxygens (including phenoxy) is 5. The second-order valence-corrected chi connectivity index (χ2v) is 22.2. The predicted molar refractivity (Wildman–Crippen MR) is 266 cm³/mol. The maximum atomic E-state index is 14.6. The standard InChI is InChI=1S/C52H86N8O12/c1-14-42-52(10,67)45(63)34(6)58(12)26-30(2)24-50(8,66)47(32(4)43(33(5)48(65)71-42)41-25-51(9,68-13)46(64)35(7)70-41)72-49-44(62)40(23-31(3)69-49)57(11)21-20-37-27-59(55-53-37)22-19-36-15-17-39(18-16-36)60-28-38(29-61)54-56-60/h15-18,27-28,30-35,40-47,49,61-64,66-67H,14,19-26,29H2,1-13H3/t30-,31-,32+,33-,34-,35+,40+,41?,42-,43+,44-,45-,46+,47-,49+,50-,51-,52-/m1/s1. The molecule has 0 spiro atoms. The van der Waals surface area contributed by atoms with Gasteiger partial charge in [-0.2, -0.15) is 0 Å². The first-order valence-electron chi connectivity index (χ1n) is 26.0. The van der Waals surface area contributed by atoms with Gasteiger partial charge in [0.05, 0.1) is 65.7 Å². The Labute approximate surface area is 425 Å². The van der Waals surface area contributed by atoms with Crippen molar-refractivity contribution in [2.24, 2.45) is 23.7 Å². The van der Waals surface area contributed by atoms with E-state index in [9.17, 15) is 35.4 Å². The van der Waals surface area contributed by atoms with E-state index in [-0.39, 0.29) is 37.9 Å². The first kappa shape index (κ1) is 57.8. The van der Waals surface area contributed by atoms with Crippen LogP contribution in [0.2, 0.25) is 0 Å². The van der Waals surface area contributed by atoms with Crippen LogP contribution in [0.15, 0.2) is 36.7 Å². The van der Waals surface area contributed by atoms with Gasteiger partial charge in [-0.15, -0.1) is 10.2 Å². The van der Waals surface area contributed by atoms with Gasteiger partial charge in [-0.3, -0.25) is 9.48 Å². The van der Waals surface area contributed by atoms with Gasteiger partial charge in [0.15, 0.2) is 6.29 Å². The topological polar surface area (TPSA) is 252 Å². The van der Waals surface area contributed by atoms with Crippen molar-refractivity contribution < 1.29 is 59.1 Å². The summed E-state index contributed by atoms with van der Waals surface area (Å²) in [6.45, 7) is 19.4. The highest BCUT2D eigenvalue weighted by Crippen LogP contribution is 2.45. The summed E-state index contributed by atoms with van der Waals surface area (Å²) in [5.41, 5.74) is -1.20. The van der Waals surface area contributed by atoms with E-state index in [2.05, 4.69) is 25.5 Å². The molecule has 0 radical (unpaired) electrons. The molecule has 6 rings (SSSR count). The number of aliphatic hydroxyl groups is 6. The molecule has 3 aliphatic heterocycles. The van der Waals surface area contributed by atoms with E-state index in [4.69, 9.17) is 23.7 Å². The Morgan fingerprint density at radius 3 is 2.22 bits per heavy atom. The zero-order valence-corrected chi connectivity index (χ0v) is 44.9. The monoisotopic (exact) mass is 1010 g/mol. The predicted octanol–water partition coefficient (Wildman–Crippen LogP) is 2.69. The first-order valence-corrected chi connectivity index (χ1v) is 26.0. The zero-order chi connectivity index (χ0) is 53.0. The van der Waals surface area contributed by atoms with E-state index >= 15 is 0 Å². The Balaban J connectivity index is 1.23. The second kappa shape index (κ2) is 24.0. The van der Waals surface area contributed by atoms with Crippen LogP contribution in [0.3, 0.4) is 0 Å². The summed E-state index contributed by atoms with van der Waals surface area (Å²) >= 11 is 0. The average Bonchev–Trinajstić information content (AvgIpc) is 4.02. The molecule has 0 bridgehead atoms. The molecule has 20 nitrogen and oxygen atoms in total. The third kappa shape index (κ3) is 13.1. The lowest BCUT2D eigenvalue weighted by molar-refractivity contribution is -0.302. The van der Waals surface area contributed by atoms with Crippen molar-refractivity contribution in [2.75, 3.05) is 34.3 Å². The van der Waals surface area contributed by atoms with Crippen molar-refractivity contribution in [3.8, 4) is 5.69 Å². The molecular formula is C52H86N8O12. The summed E-state index contributed by atoms with van der Waals surface area (Å²) in [5, 5.41) is 86.3. The van der Waals surface area contributed by atoms with Crippen molar-refractivity contribution in [1.29, 1.82) is 0 Å². The number of rotatable bonds is 14. The van der Waals surface area contributed by atoms with Crippen LogP contribution >= 0.6 is 0 Å². The molecule has 406 valence electrons. The average molecular weight is 1020 g/mol. The van der Waals surface area contributed by atoms with Crippen LogP contribution in [-0.2, 0) is 54.5 Å². The number of aliphatic hydroxyl groups excluding tert-OH is 4. The highest BCUT2D eigenvalue weighted by molar-refractivity contribution is 5.73. The summed E-state index contributed by atoms with van der Waals surface area (Å²) < 4.78 is 35.7. The third-order valence-electron chi connectivity index (χ3n) is 16.3. The molecule has 72 heavy (non-hydrogen) atoms. The smallest absolute Gasteiger partial charge is 0.309 e. The molecule has 1 aromatic carbocycles. The third-order valence-corrected chi connectivity index (χ3v) is 16.3. The van der Waals surface area contributed by atoms with Crippen LogP contribution in [-0.4, -0.2) is 195 Å². The van der Waals surface area contributed by atoms with Crippen molar-refractivity contribution in [2.45, 2.75) is 205 Å². The fraction of sp³-hybridized carbons (Fsp3) is 0.788. The lowest BCUT2D eigenvalue weighted by Gasteiger charge is -2.51. The van der Waals surface area contributed by atoms with Crippen LogP contribution in [0.5, 0.6) is 0 Å². The largest absolute Gasteiger partial charge is 0.459 e. The second-order valence-electron chi connectivity index (χ2n) is 22.2. The maximum absolute atomic E-state index is 14.6. The summed E-state index contributed by atoms with van der Waals surface area (Å²) in [6, 6.07) is 7.00. The van der Waals surface area contributed by atoms with Crippen LogP contribution in [0, 0.1) is 23.7 Å². The van der Waals surface area contributed by atoms with Crippen molar-refractivity contribution in [3.05, 3.63) is 53.6 Å². The van der Waals surface area contributed by atoms with Crippen LogP contribution in [0.4, 0.5) is 0 Å². The van der Waals surface area contributed by atoms with Crippen molar-refractivity contribution in [1.82, 2.24) is 39.8 Å². The fourth-order valence-corrected chi connectivity index (χ4v) is 11.8. The van der Waals surface area contributed by atoms with Gasteiger partial charge in [-0.05, 0) is 111 Å². The van der Waals surface area contributed by atoms with Gasteiger partial charge in [0, 0.05) is 63.8 Å². The number of hydrogen-bond acceptors (Lipinski definition) is 18. The van der Waals surface area contributed by atoms with E-state index in [1.165, 1.54) is 14.0 Å². The molecule has 2 aromatic heterocycles. The van der Waals surface area contributed by atoms with Gasteiger partial charge in [0.2, 0.25) is 0 Å². The summed E-state index contributed by atoms with van der Waals surface area (Å²) in [4.78, 5) is 18.6. The molecule has 6 N–H and O–H groups in total. The highest BCUT2D eigenvalue weighted by Gasteiger charge is 2.55. The Kier molecular flexibility index (Phi) is 19.3. The number of carbonyl (C=O) groups excluding carboxylic acids is 1. The van der Waals surface area contributed by atoms with E-state index in [1.54, 1.807) is 38.6 Å². The van der Waals surface area contributed by atoms with Gasteiger partial charge >= 0.3 is 5.97 Å². The fourth-order valence-electron chi connectivity index (χ4n) is 11.8. The van der Waals surface area contributed by atoms with Crippen LogP contribution in [0.25, 0.3) is 5.69 Å². The molecule has 0 aliphatic carbocycles. The number of hydrogen-bond donors (Lipinski definition) is 6. The Morgan fingerprint density at radius 1 is 0.903 bits per heavy atom. The maximum Gasteiger partial charge on any atom is 0.309 e.